The van der Waals surface area contributed by atoms with Gasteiger partial charge in [0.1, 0.15) is 0 Å². The summed E-state index contributed by atoms with van der Waals surface area (Å²) >= 11 is 6.02. The molecule has 0 fully saturated rings. The van der Waals surface area contributed by atoms with Gasteiger partial charge in [-0.3, -0.25) is 0 Å². The van der Waals surface area contributed by atoms with E-state index in [9.17, 15) is 4.39 Å². The van der Waals surface area contributed by atoms with E-state index in [-0.39, 0.29) is 5.82 Å². The molecule has 0 saturated heterocycles. The Morgan fingerprint density at radius 1 is 1.22 bits per heavy atom. The zero-order valence-corrected chi connectivity index (χ0v) is 7.46. The largest absolute Gasteiger partial charge is 0.205 e. The molecule has 0 aliphatic heterocycles. The summed E-state index contributed by atoms with van der Waals surface area (Å²) in [5, 5.41) is 0. The number of benzene rings is 1. The molecule has 0 aromatic heterocycles. The molecule has 0 spiro atoms. The van der Waals surface area contributed by atoms with Crippen molar-refractivity contribution < 1.29 is 4.39 Å². The van der Waals surface area contributed by atoms with Crippen LogP contribution in [-0.2, 0) is 0 Å². The second-order valence-corrected chi connectivity index (χ2v) is 3.17. The molecule has 0 N–H and O–H groups in total. The maximum absolute atomic E-state index is 12.6. The van der Waals surface area contributed by atoms with Crippen LogP contribution in [0.5, 0.6) is 0 Å². The van der Waals surface area contributed by atoms with Crippen molar-refractivity contribution in [2.45, 2.75) is 0 Å². The maximum Gasteiger partial charge on any atom is 0.151 e. The molecule has 0 aliphatic carbocycles. The normalized spacial score (nSPS) is 9.67. The third-order valence-electron chi connectivity index (χ3n) is 0.839. The molecule has 0 aliphatic rings. The van der Waals surface area contributed by atoms with E-state index in [1.165, 1.54) is 12.1 Å². The third kappa shape index (κ3) is 1.52. The van der Waals surface area contributed by atoms with Crippen LogP contribution in [0.4, 0.5) is 4.39 Å². The van der Waals surface area contributed by atoms with Crippen LogP contribution in [0.3, 0.4) is 0 Å². The SMILES string of the molecule is Fc1c(Br)c[c]cc1Br. The summed E-state index contributed by atoms with van der Waals surface area (Å²) in [6.45, 7) is 0. The first-order chi connectivity index (χ1) is 4.22. The summed E-state index contributed by atoms with van der Waals surface area (Å²) < 4.78 is 13.5. The Morgan fingerprint density at radius 3 is 2.00 bits per heavy atom. The number of hydrogen-bond donors (Lipinski definition) is 0. The van der Waals surface area contributed by atoms with Gasteiger partial charge in [0, 0.05) is 0 Å². The maximum atomic E-state index is 12.6. The first-order valence-corrected chi connectivity index (χ1v) is 3.81. The fourth-order valence-electron chi connectivity index (χ4n) is 0.429. The van der Waals surface area contributed by atoms with Crippen LogP contribution in [0.15, 0.2) is 21.1 Å². The zero-order valence-electron chi connectivity index (χ0n) is 4.29. The van der Waals surface area contributed by atoms with Gasteiger partial charge in [-0.15, -0.1) is 0 Å². The quantitative estimate of drug-likeness (QED) is 0.623. The van der Waals surface area contributed by atoms with Crippen LogP contribution >= 0.6 is 31.9 Å². The summed E-state index contributed by atoms with van der Waals surface area (Å²) in [4.78, 5) is 0. The number of halogens is 3. The van der Waals surface area contributed by atoms with Crippen molar-refractivity contribution in [1.29, 1.82) is 0 Å². The van der Waals surface area contributed by atoms with Gasteiger partial charge in [0.05, 0.1) is 8.95 Å². The lowest BCUT2D eigenvalue weighted by molar-refractivity contribution is 0.614. The smallest absolute Gasteiger partial charge is 0.151 e. The first kappa shape index (κ1) is 7.22. The van der Waals surface area contributed by atoms with Crippen molar-refractivity contribution in [2.75, 3.05) is 0 Å². The van der Waals surface area contributed by atoms with Crippen molar-refractivity contribution in [2.24, 2.45) is 0 Å². The molecule has 0 unspecified atom stereocenters. The van der Waals surface area contributed by atoms with Crippen molar-refractivity contribution >= 4 is 31.9 Å². The molecule has 0 heterocycles. The van der Waals surface area contributed by atoms with Crippen LogP contribution in [0.25, 0.3) is 0 Å². The minimum absolute atomic E-state index is 0.284. The zero-order chi connectivity index (χ0) is 6.85. The molecule has 0 saturated carbocycles. The van der Waals surface area contributed by atoms with Gasteiger partial charge >= 0.3 is 0 Å². The van der Waals surface area contributed by atoms with Crippen molar-refractivity contribution in [1.82, 2.24) is 0 Å². The Bertz CT molecular complexity index is 202. The molecule has 0 bridgehead atoms. The van der Waals surface area contributed by atoms with Gasteiger partial charge in [0.2, 0.25) is 0 Å². The lowest BCUT2D eigenvalue weighted by Crippen LogP contribution is -1.76. The predicted molar refractivity (Wildman–Crippen MR) is 40.6 cm³/mol. The fourth-order valence-corrected chi connectivity index (χ4v) is 1.39. The lowest BCUT2D eigenvalue weighted by atomic mass is 10.4. The Morgan fingerprint density at radius 2 is 1.67 bits per heavy atom. The second-order valence-electron chi connectivity index (χ2n) is 1.47. The summed E-state index contributed by atoms with van der Waals surface area (Å²) in [5.74, 6) is -0.284. The van der Waals surface area contributed by atoms with Crippen molar-refractivity contribution in [3.05, 3.63) is 33.0 Å². The highest BCUT2D eigenvalue weighted by Crippen LogP contribution is 2.21. The van der Waals surface area contributed by atoms with E-state index in [4.69, 9.17) is 0 Å². The van der Waals surface area contributed by atoms with E-state index < -0.39 is 0 Å². The average molecular weight is 253 g/mol. The molecule has 1 aromatic rings. The van der Waals surface area contributed by atoms with E-state index in [2.05, 4.69) is 37.9 Å². The molecule has 9 heavy (non-hydrogen) atoms. The van der Waals surface area contributed by atoms with Gasteiger partial charge in [-0.2, -0.15) is 0 Å². The molecule has 1 radical (unpaired) electrons. The van der Waals surface area contributed by atoms with E-state index >= 15 is 0 Å². The number of rotatable bonds is 0. The van der Waals surface area contributed by atoms with E-state index in [0.29, 0.717) is 8.95 Å². The predicted octanol–water partition coefficient (Wildman–Crippen LogP) is 3.15. The van der Waals surface area contributed by atoms with E-state index in [1.54, 1.807) is 0 Å². The fraction of sp³-hybridized carbons (Fsp3) is 0. The topological polar surface area (TPSA) is 0 Å². The van der Waals surface area contributed by atoms with Crippen molar-refractivity contribution in [3.8, 4) is 0 Å². The molecule has 0 atom stereocenters. The van der Waals surface area contributed by atoms with Gasteiger partial charge < -0.3 is 0 Å². The van der Waals surface area contributed by atoms with Crippen LogP contribution in [0.1, 0.15) is 0 Å². The van der Waals surface area contributed by atoms with Crippen LogP contribution in [0, 0.1) is 11.9 Å². The highest BCUT2D eigenvalue weighted by molar-refractivity contribution is 9.11. The van der Waals surface area contributed by atoms with Gasteiger partial charge in [-0.05, 0) is 50.1 Å². The minimum atomic E-state index is -0.284. The molecular formula is C6H2Br2F. The van der Waals surface area contributed by atoms with Gasteiger partial charge in [0.25, 0.3) is 0 Å². The van der Waals surface area contributed by atoms with Gasteiger partial charge in [-0.1, -0.05) is 0 Å². The van der Waals surface area contributed by atoms with Crippen LogP contribution < -0.4 is 0 Å². The molecule has 0 amide bonds. The summed E-state index contributed by atoms with van der Waals surface area (Å²) in [6.07, 6.45) is 0. The van der Waals surface area contributed by atoms with Crippen LogP contribution in [0.2, 0.25) is 0 Å². The van der Waals surface area contributed by atoms with Gasteiger partial charge in [0.15, 0.2) is 5.82 Å². The Labute approximate surface area is 69.3 Å². The van der Waals surface area contributed by atoms with E-state index in [0.717, 1.165) is 0 Å². The van der Waals surface area contributed by atoms with Crippen LogP contribution in [-0.4, -0.2) is 0 Å². The molecule has 0 nitrogen and oxygen atoms in total. The molecule has 3 heteroatoms. The summed E-state index contributed by atoms with van der Waals surface area (Å²) in [6, 6.07) is 5.79. The molecule has 47 valence electrons. The molecule has 1 rings (SSSR count). The Hall–Kier alpha value is 0.110. The lowest BCUT2D eigenvalue weighted by Gasteiger charge is -1.93. The van der Waals surface area contributed by atoms with Crippen molar-refractivity contribution in [3.63, 3.8) is 0 Å². The Kier molecular flexibility index (Phi) is 2.24. The van der Waals surface area contributed by atoms with Gasteiger partial charge in [-0.25, -0.2) is 4.39 Å². The highest BCUT2D eigenvalue weighted by Gasteiger charge is 2.00. The first-order valence-electron chi connectivity index (χ1n) is 2.22. The van der Waals surface area contributed by atoms with E-state index in [1.807, 2.05) is 0 Å². The second kappa shape index (κ2) is 2.80. The standard InChI is InChI=1S/C6H2Br2F/c7-4-2-1-3-5(8)6(4)9/h2-3H. The average Bonchev–Trinajstić information content (AvgIpc) is 1.83. The summed E-state index contributed by atoms with van der Waals surface area (Å²) in [7, 11) is 0. The minimum Gasteiger partial charge on any atom is -0.205 e. The third-order valence-corrected chi connectivity index (χ3v) is 1.99. The monoisotopic (exact) mass is 251 g/mol. The Balaban J connectivity index is 3.25. The molecular weight excluding hydrogens is 251 g/mol. The number of hydrogen-bond acceptors (Lipinski definition) is 0. The molecule has 1 aromatic carbocycles. The summed E-state index contributed by atoms with van der Waals surface area (Å²) in [5.41, 5.74) is 0. The highest BCUT2D eigenvalue weighted by atomic mass is 79.9.